The van der Waals surface area contributed by atoms with Crippen molar-refractivity contribution in [2.75, 3.05) is 32.7 Å². The highest BCUT2D eigenvalue weighted by atomic mass is 16.2. The molecule has 0 atom stereocenters. The molecule has 1 aliphatic heterocycles. The summed E-state index contributed by atoms with van der Waals surface area (Å²) in [5, 5.41) is 2.66. The van der Waals surface area contributed by atoms with Gasteiger partial charge in [-0.15, -0.1) is 0 Å². The van der Waals surface area contributed by atoms with Crippen molar-refractivity contribution < 1.29 is 14.4 Å². The van der Waals surface area contributed by atoms with Gasteiger partial charge in [-0.05, 0) is 18.6 Å². The molecule has 0 radical (unpaired) electrons. The lowest BCUT2D eigenvalue weighted by atomic mass is 9.94. The Bertz CT molecular complexity index is 623. The molecule has 0 aromatic heterocycles. The molecule has 0 aliphatic carbocycles. The lowest BCUT2D eigenvalue weighted by Crippen LogP contribution is -2.44. The van der Waals surface area contributed by atoms with Crippen LogP contribution in [0.25, 0.3) is 0 Å². The number of amides is 3. The lowest BCUT2D eigenvalue weighted by Gasteiger charge is -2.28. The van der Waals surface area contributed by atoms with E-state index in [2.05, 4.69) is 5.32 Å². The van der Waals surface area contributed by atoms with Crippen LogP contribution in [-0.2, 0) is 9.59 Å². The molecule has 6 heteroatoms. The van der Waals surface area contributed by atoms with E-state index < -0.39 is 5.41 Å². The molecule has 1 aliphatic rings. The molecule has 1 saturated heterocycles. The molecule has 1 heterocycles. The van der Waals surface area contributed by atoms with Crippen LogP contribution >= 0.6 is 0 Å². The number of rotatable bonds is 3. The van der Waals surface area contributed by atoms with Crippen LogP contribution in [0, 0.1) is 5.41 Å². The Morgan fingerprint density at radius 2 is 1.56 bits per heavy atom. The molecular formula is C19H27N3O3. The molecule has 25 heavy (non-hydrogen) atoms. The Labute approximate surface area is 149 Å². The predicted octanol–water partition coefficient (Wildman–Crippen LogP) is 1.52. The van der Waals surface area contributed by atoms with Crippen LogP contribution in [0.3, 0.4) is 0 Å². The second-order valence-corrected chi connectivity index (χ2v) is 7.33. The average molecular weight is 345 g/mol. The van der Waals surface area contributed by atoms with Gasteiger partial charge in [0, 0.05) is 37.2 Å². The summed E-state index contributed by atoms with van der Waals surface area (Å²) in [7, 11) is 0. The summed E-state index contributed by atoms with van der Waals surface area (Å²) in [5.41, 5.74) is 0.121. The smallest absolute Gasteiger partial charge is 0.251 e. The summed E-state index contributed by atoms with van der Waals surface area (Å²) in [6.07, 6.45) is 0.750. The fourth-order valence-electron chi connectivity index (χ4n) is 2.80. The second-order valence-electron chi connectivity index (χ2n) is 7.33. The zero-order valence-electron chi connectivity index (χ0n) is 15.2. The van der Waals surface area contributed by atoms with Gasteiger partial charge in [-0.1, -0.05) is 39.0 Å². The van der Waals surface area contributed by atoms with Crippen molar-refractivity contribution in [1.29, 1.82) is 0 Å². The SMILES string of the molecule is CC(C)(C)C(=O)N1CCCN(C(=O)CNC(=O)c2ccccc2)CC1. The number of hydrogen-bond acceptors (Lipinski definition) is 3. The van der Waals surface area contributed by atoms with Gasteiger partial charge in [0.25, 0.3) is 5.91 Å². The van der Waals surface area contributed by atoms with Crippen molar-refractivity contribution in [3.8, 4) is 0 Å². The predicted molar refractivity (Wildman–Crippen MR) is 96.0 cm³/mol. The summed E-state index contributed by atoms with van der Waals surface area (Å²) < 4.78 is 0. The first kappa shape index (κ1) is 19.0. The maximum Gasteiger partial charge on any atom is 0.251 e. The van der Waals surface area contributed by atoms with Crippen molar-refractivity contribution in [3.63, 3.8) is 0 Å². The molecule has 1 N–H and O–H groups in total. The molecular weight excluding hydrogens is 318 g/mol. The van der Waals surface area contributed by atoms with Gasteiger partial charge in [-0.2, -0.15) is 0 Å². The third-order valence-corrected chi connectivity index (χ3v) is 4.21. The van der Waals surface area contributed by atoms with Crippen molar-refractivity contribution in [1.82, 2.24) is 15.1 Å². The minimum atomic E-state index is -0.414. The lowest BCUT2D eigenvalue weighted by molar-refractivity contribution is -0.139. The molecule has 0 saturated carbocycles. The summed E-state index contributed by atoms with van der Waals surface area (Å²) in [5.74, 6) is -0.262. The maximum absolute atomic E-state index is 12.4. The topological polar surface area (TPSA) is 69.7 Å². The van der Waals surface area contributed by atoms with E-state index in [0.717, 1.165) is 6.42 Å². The van der Waals surface area contributed by atoms with E-state index >= 15 is 0 Å². The van der Waals surface area contributed by atoms with Gasteiger partial charge in [-0.25, -0.2) is 0 Å². The molecule has 2 rings (SSSR count). The van der Waals surface area contributed by atoms with Gasteiger partial charge < -0.3 is 15.1 Å². The highest BCUT2D eigenvalue weighted by molar-refractivity contribution is 5.96. The van der Waals surface area contributed by atoms with E-state index in [1.807, 2.05) is 31.7 Å². The molecule has 1 aromatic carbocycles. The minimum Gasteiger partial charge on any atom is -0.343 e. The van der Waals surface area contributed by atoms with Crippen molar-refractivity contribution >= 4 is 17.7 Å². The first-order valence-corrected chi connectivity index (χ1v) is 8.69. The van der Waals surface area contributed by atoms with Gasteiger partial charge in [0.15, 0.2) is 0 Å². The summed E-state index contributed by atoms with van der Waals surface area (Å²) in [6, 6.07) is 8.83. The standard InChI is InChI=1S/C19H27N3O3/c1-19(2,3)18(25)22-11-7-10-21(12-13-22)16(23)14-20-17(24)15-8-5-4-6-9-15/h4-6,8-9H,7,10-14H2,1-3H3,(H,20,24). The van der Waals surface area contributed by atoms with E-state index in [4.69, 9.17) is 0 Å². The fourth-order valence-corrected chi connectivity index (χ4v) is 2.80. The van der Waals surface area contributed by atoms with Crippen molar-refractivity contribution in [2.45, 2.75) is 27.2 Å². The van der Waals surface area contributed by atoms with Crippen LogP contribution in [0.5, 0.6) is 0 Å². The highest BCUT2D eigenvalue weighted by Gasteiger charge is 2.29. The van der Waals surface area contributed by atoms with Gasteiger partial charge in [0.2, 0.25) is 11.8 Å². The van der Waals surface area contributed by atoms with Crippen LogP contribution in [0.2, 0.25) is 0 Å². The van der Waals surface area contributed by atoms with Gasteiger partial charge in [0.1, 0.15) is 0 Å². The minimum absolute atomic E-state index is 0.0268. The first-order chi connectivity index (χ1) is 11.8. The van der Waals surface area contributed by atoms with Crippen LogP contribution in [0.15, 0.2) is 30.3 Å². The van der Waals surface area contributed by atoms with Crippen molar-refractivity contribution in [3.05, 3.63) is 35.9 Å². The number of benzene rings is 1. The summed E-state index contributed by atoms with van der Waals surface area (Å²) >= 11 is 0. The Balaban J connectivity index is 1.85. The summed E-state index contributed by atoms with van der Waals surface area (Å²) in [4.78, 5) is 40.3. The highest BCUT2D eigenvalue weighted by Crippen LogP contribution is 2.18. The molecule has 3 amide bonds. The van der Waals surface area contributed by atoms with Crippen LogP contribution in [-0.4, -0.2) is 60.2 Å². The molecule has 0 bridgehead atoms. The number of hydrogen-bond donors (Lipinski definition) is 1. The molecule has 6 nitrogen and oxygen atoms in total. The van der Waals surface area contributed by atoms with Crippen LogP contribution < -0.4 is 5.32 Å². The van der Waals surface area contributed by atoms with Gasteiger partial charge >= 0.3 is 0 Å². The number of nitrogens with one attached hydrogen (secondary N) is 1. The van der Waals surface area contributed by atoms with E-state index in [9.17, 15) is 14.4 Å². The van der Waals surface area contributed by atoms with Crippen LogP contribution in [0.4, 0.5) is 0 Å². The number of carbonyl (C=O) groups is 3. The van der Waals surface area contributed by atoms with Crippen LogP contribution in [0.1, 0.15) is 37.6 Å². The van der Waals surface area contributed by atoms with E-state index in [-0.39, 0.29) is 24.3 Å². The Morgan fingerprint density at radius 1 is 0.960 bits per heavy atom. The van der Waals surface area contributed by atoms with E-state index in [0.29, 0.717) is 31.7 Å². The maximum atomic E-state index is 12.4. The average Bonchev–Trinajstić information content (AvgIpc) is 2.84. The quantitative estimate of drug-likeness (QED) is 0.903. The van der Waals surface area contributed by atoms with Gasteiger partial charge in [0.05, 0.1) is 6.54 Å². The Morgan fingerprint density at radius 3 is 2.20 bits per heavy atom. The zero-order chi connectivity index (χ0) is 18.4. The summed E-state index contributed by atoms with van der Waals surface area (Å²) in [6.45, 7) is 7.99. The third kappa shape index (κ3) is 5.31. The molecule has 1 aromatic rings. The van der Waals surface area contributed by atoms with Gasteiger partial charge in [-0.3, -0.25) is 14.4 Å². The Hall–Kier alpha value is -2.37. The molecule has 1 fully saturated rings. The molecule has 0 spiro atoms. The largest absolute Gasteiger partial charge is 0.343 e. The first-order valence-electron chi connectivity index (χ1n) is 8.69. The number of carbonyl (C=O) groups excluding carboxylic acids is 3. The van der Waals surface area contributed by atoms with E-state index in [1.54, 1.807) is 29.2 Å². The normalized spacial score (nSPS) is 15.5. The fraction of sp³-hybridized carbons (Fsp3) is 0.526. The number of nitrogens with zero attached hydrogens (tertiary/aromatic N) is 2. The Kier molecular flexibility index (Phi) is 6.17. The zero-order valence-corrected chi connectivity index (χ0v) is 15.2. The van der Waals surface area contributed by atoms with E-state index in [1.165, 1.54) is 0 Å². The van der Waals surface area contributed by atoms with Crippen molar-refractivity contribution in [2.24, 2.45) is 5.41 Å². The monoisotopic (exact) mass is 345 g/mol. The second kappa shape index (κ2) is 8.14. The molecule has 0 unspecified atom stereocenters. The molecule has 136 valence electrons. The third-order valence-electron chi connectivity index (χ3n) is 4.21.